The minimum atomic E-state index is -0.738. The van der Waals surface area contributed by atoms with Crippen LogP contribution in [0.4, 0.5) is 0 Å². The summed E-state index contributed by atoms with van der Waals surface area (Å²) in [5.74, 6) is 2.36. The number of benzene rings is 3. The maximum atomic E-state index is 7.17. The molecule has 2 heterocycles. The smallest absolute Gasteiger partial charge is 0.177 e. The van der Waals surface area contributed by atoms with Gasteiger partial charge in [-0.15, -0.1) is 0 Å². The van der Waals surface area contributed by atoms with E-state index >= 15 is 0 Å². The van der Waals surface area contributed by atoms with Gasteiger partial charge in [0, 0.05) is 47.1 Å². The summed E-state index contributed by atoms with van der Waals surface area (Å²) in [6.07, 6.45) is 12.3. The number of aryl methyl sites for hydroxylation is 1. The molecule has 0 saturated carbocycles. The molecular formula is C32H33NO4. The van der Waals surface area contributed by atoms with Crippen molar-refractivity contribution < 1.29 is 18.9 Å². The summed E-state index contributed by atoms with van der Waals surface area (Å²) in [6, 6.07) is 17.0. The third-order valence-corrected chi connectivity index (χ3v) is 7.82. The van der Waals surface area contributed by atoms with E-state index in [9.17, 15) is 0 Å². The van der Waals surface area contributed by atoms with E-state index in [0.29, 0.717) is 6.04 Å². The fraction of sp³-hybridized carbons (Fsp3) is 0.312. The van der Waals surface area contributed by atoms with Gasteiger partial charge in [-0.1, -0.05) is 54.6 Å². The normalized spacial score (nSPS) is 23.3. The van der Waals surface area contributed by atoms with Gasteiger partial charge in [0.05, 0.1) is 27.4 Å². The summed E-state index contributed by atoms with van der Waals surface area (Å²) in [5, 5.41) is 1.99. The van der Waals surface area contributed by atoms with Crippen LogP contribution in [0.25, 0.3) is 16.8 Å². The van der Waals surface area contributed by atoms with E-state index in [1.54, 1.807) is 14.2 Å². The number of hydrogen-bond donors (Lipinski definition) is 0. The van der Waals surface area contributed by atoms with Gasteiger partial charge in [0.1, 0.15) is 17.2 Å². The number of nitrogens with zero attached hydrogens (tertiary/aromatic N) is 1. The average molecular weight is 496 g/mol. The van der Waals surface area contributed by atoms with E-state index in [0.717, 1.165) is 83.0 Å². The van der Waals surface area contributed by atoms with Crippen molar-refractivity contribution in [2.24, 2.45) is 0 Å². The summed E-state index contributed by atoms with van der Waals surface area (Å²) in [6.45, 7) is 5.67. The van der Waals surface area contributed by atoms with E-state index in [1.807, 2.05) is 18.2 Å². The molecule has 1 aliphatic carbocycles. The highest BCUT2D eigenvalue weighted by Gasteiger charge is 2.40. The lowest BCUT2D eigenvalue weighted by molar-refractivity contribution is 0.0257. The molecule has 2 atom stereocenters. The van der Waals surface area contributed by atoms with Crippen LogP contribution in [0.2, 0.25) is 0 Å². The van der Waals surface area contributed by atoms with E-state index < -0.39 is 5.60 Å². The zero-order valence-corrected chi connectivity index (χ0v) is 21.7. The van der Waals surface area contributed by atoms with Gasteiger partial charge in [0.25, 0.3) is 0 Å². The van der Waals surface area contributed by atoms with Gasteiger partial charge in [-0.3, -0.25) is 4.90 Å². The Labute approximate surface area is 218 Å². The third-order valence-electron chi connectivity index (χ3n) is 7.82. The SMILES string of the molecule is COc1cc(OC)c2cc(C)c3c(c2c1)OC(C1=CCC(N2CCOCC2)C=C1)(c1ccccc1)C=C3. The Morgan fingerprint density at radius 1 is 0.946 bits per heavy atom. The molecule has 3 aliphatic rings. The Morgan fingerprint density at radius 3 is 2.46 bits per heavy atom. The molecule has 0 N–H and O–H groups in total. The number of fused-ring (bicyclic) bond motifs is 3. The minimum absolute atomic E-state index is 0.386. The average Bonchev–Trinajstić information content (AvgIpc) is 2.97. The van der Waals surface area contributed by atoms with Crippen molar-refractivity contribution in [2.75, 3.05) is 40.5 Å². The van der Waals surface area contributed by atoms with Gasteiger partial charge in [0.2, 0.25) is 0 Å². The van der Waals surface area contributed by atoms with E-state index in [1.165, 1.54) is 0 Å². The van der Waals surface area contributed by atoms with Crippen LogP contribution in [0.1, 0.15) is 23.1 Å². The lowest BCUT2D eigenvalue weighted by Crippen LogP contribution is -2.43. The molecule has 3 aromatic carbocycles. The molecule has 5 nitrogen and oxygen atoms in total. The van der Waals surface area contributed by atoms with Crippen LogP contribution < -0.4 is 14.2 Å². The second-order valence-electron chi connectivity index (χ2n) is 9.87. The molecule has 2 unspecified atom stereocenters. The van der Waals surface area contributed by atoms with Gasteiger partial charge in [-0.25, -0.2) is 0 Å². The summed E-state index contributed by atoms with van der Waals surface area (Å²) < 4.78 is 24.1. The van der Waals surface area contributed by atoms with E-state index in [-0.39, 0.29) is 0 Å². The summed E-state index contributed by atoms with van der Waals surface area (Å²) in [4.78, 5) is 2.50. The maximum Gasteiger partial charge on any atom is 0.177 e. The Bertz CT molecular complexity index is 1400. The molecular weight excluding hydrogens is 462 g/mol. The summed E-state index contributed by atoms with van der Waals surface area (Å²) >= 11 is 0. The first-order valence-electron chi connectivity index (χ1n) is 13.0. The van der Waals surface area contributed by atoms with Crippen molar-refractivity contribution in [1.29, 1.82) is 0 Å². The number of morpholine rings is 1. The first-order chi connectivity index (χ1) is 18.1. The molecule has 0 amide bonds. The highest BCUT2D eigenvalue weighted by molar-refractivity contribution is 5.98. The van der Waals surface area contributed by atoms with Crippen molar-refractivity contribution >= 4 is 16.8 Å². The molecule has 0 bridgehead atoms. The minimum Gasteiger partial charge on any atom is -0.497 e. The van der Waals surface area contributed by atoms with Crippen LogP contribution in [0.5, 0.6) is 17.2 Å². The van der Waals surface area contributed by atoms with Crippen LogP contribution in [-0.2, 0) is 10.3 Å². The number of methoxy groups -OCH3 is 2. The predicted octanol–water partition coefficient (Wildman–Crippen LogP) is 6.05. The van der Waals surface area contributed by atoms with Crippen molar-refractivity contribution in [3.8, 4) is 17.2 Å². The fourth-order valence-corrected chi connectivity index (χ4v) is 5.78. The highest BCUT2D eigenvalue weighted by atomic mass is 16.5. The molecule has 1 fully saturated rings. The summed E-state index contributed by atoms with van der Waals surface area (Å²) in [5.41, 5.74) is 3.74. The lowest BCUT2D eigenvalue weighted by atomic mass is 9.80. The second-order valence-corrected chi connectivity index (χ2v) is 9.87. The molecule has 190 valence electrons. The zero-order chi connectivity index (χ0) is 25.4. The summed E-state index contributed by atoms with van der Waals surface area (Å²) in [7, 11) is 3.37. The zero-order valence-electron chi connectivity index (χ0n) is 21.7. The highest BCUT2D eigenvalue weighted by Crippen LogP contribution is 2.49. The van der Waals surface area contributed by atoms with Gasteiger partial charge in [-0.2, -0.15) is 0 Å². The van der Waals surface area contributed by atoms with Crippen LogP contribution in [0, 0.1) is 6.92 Å². The Balaban J connectivity index is 1.48. The van der Waals surface area contributed by atoms with Crippen molar-refractivity contribution in [2.45, 2.75) is 25.0 Å². The lowest BCUT2D eigenvalue weighted by Gasteiger charge is -2.40. The Kier molecular flexibility index (Phi) is 6.27. The maximum absolute atomic E-state index is 7.17. The number of hydrogen-bond acceptors (Lipinski definition) is 5. The van der Waals surface area contributed by atoms with Gasteiger partial charge in [-0.05, 0) is 42.7 Å². The van der Waals surface area contributed by atoms with E-state index in [4.69, 9.17) is 18.9 Å². The second kappa shape index (κ2) is 9.73. The first kappa shape index (κ1) is 23.8. The topological polar surface area (TPSA) is 40.2 Å². The quantitative estimate of drug-likeness (QED) is 0.431. The molecule has 0 spiro atoms. The molecule has 37 heavy (non-hydrogen) atoms. The van der Waals surface area contributed by atoms with Crippen LogP contribution in [0.3, 0.4) is 0 Å². The van der Waals surface area contributed by atoms with Gasteiger partial charge in [0.15, 0.2) is 5.60 Å². The van der Waals surface area contributed by atoms with E-state index in [2.05, 4.69) is 72.5 Å². The molecule has 1 saturated heterocycles. The van der Waals surface area contributed by atoms with Crippen molar-refractivity contribution in [3.05, 3.63) is 95.1 Å². The monoisotopic (exact) mass is 495 g/mol. The third kappa shape index (κ3) is 4.12. The van der Waals surface area contributed by atoms with Crippen LogP contribution in [0.15, 0.2) is 78.4 Å². The van der Waals surface area contributed by atoms with Gasteiger partial charge < -0.3 is 18.9 Å². The molecule has 2 aliphatic heterocycles. The molecule has 3 aromatic rings. The first-order valence-corrected chi connectivity index (χ1v) is 13.0. The van der Waals surface area contributed by atoms with Crippen molar-refractivity contribution in [1.82, 2.24) is 4.90 Å². The predicted molar refractivity (Wildman–Crippen MR) is 148 cm³/mol. The fourth-order valence-electron chi connectivity index (χ4n) is 5.78. The number of ether oxygens (including phenoxy) is 4. The van der Waals surface area contributed by atoms with Crippen LogP contribution in [-0.4, -0.2) is 51.5 Å². The Morgan fingerprint density at radius 2 is 1.76 bits per heavy atom. The Hall–Kier alpha value is -3.54. The largest absolute Gasteiger partial charge is 0.497 e. The van der Waals surface area contributed by atoms with Crippen molar-refractivity contribution in [3.63, 3.8) is 0 Å². The standard InChI is InChI=1S/C32H33NO4/c1-22-19-28-29(20-26(34-2)21-30(28)35-3)31-27(22)13-14-32(37-31,23-7-5-4-6-8-23)24-9-11-25(12-10-24)33-15-17-36-18-16-33/h4-11,13-14,19-21,25H,12,15-18H2,1-3H3. The van der Waals surface area contributed by atoms with Gasteiger partial charge >= 0.3 is 0 Å². The molecule has 6 rings (SSSR count). The molecule has 0 aromatic heterocycles. The number of rotatable bonds is 5. The van der Waals surface area contributed by atoms with Crippen LogP contribution >= 0.6 is 0 Å². The molecule has 5 heteroatoms. The molecule has 0 radical (unpaired) electrons.